The monoisotopic (exact) mass is 412 g/mol. The van der Waals surface area contributed by atoms with Gasteiger partial charge in [0.25, 0.3) is 0 Å². The Labute approximate surface area is 178 Å². The number of nitrogens with one attached hydrogen (secondary N) is 2. The molecule has 1 fully saturated rings. The highest BCUT2D eigenvalue weighted by Gasteiger charge is 2.49. The highest BCUT2D eigenvalue weighted by molar-refractivity contribution is 5.89. The Morgan fingerprint density at radius 2 is 2.23 bits per heavy atom. The first-order chi connectivity index (χ1) is 14.4. The lowest BCUT2D eigenvalue weighted by Gasteiger charge is -2.46. The number of carbonyl (C=O) groups is 2. The van der Waals surface area contributed by atoms with Crippen LogP contribution in [0.4, 0.5) is 10.5 Å². The number of ether oxygens (including phenoxy) is 1. The van der Waals surface area contributed by atoms with Crippen LogP contribution in [0.3, 0.4) is 0 Å². The third-order valence-corrected chi connectivity index (χ3v) is 6.39. The molecular formula is C23H32N4O3. The predicted molar refractivity (Wildman–Crippen MR) is 117 cm³/mol. The van der Waals surface area contributed by atoms with Crippen molar-refractivity contribution in [1.82, 2.24) is 15.5 Å². The van der Waals surface area contributed by atoms with Gasteiger partial charge in [-0.2, -0.15) is 0 Å². The zero-order valence-corrected chi connectivity index (χ0v) is 18.1. The van der Waals surface area contributed by atoms with E-state index in [0.717, 1.165) is 18.7 Å². The van der Waals surface area contributed by atoms with Crippen LogP contribution < -0.4 is 10.6 Å². The topological polar surface area (TPSA) is 83.0 Å². The molecule has 7 nitrogen and oxygen atoms in total. The van der Waals surface area contributed by atoms with Crippen molar-refractivity contribution in [2.24, 2.45) is 4.99 Å². The Hall–Kier alpha value is -2.41. The number of carbonyl (C=O) groups excluding carboxylic acids is 2. The van der Waals surface area contributed by atoms with E-state index in [1.165, 1.54) is 24.0 Å². The normalized spacial score (nSPS) is 26.1. The number of rotatable bonds is 6. The van der Waals surface area contributed by atoms with E-state index >= 15 is 0 Å². The molecular weight excluding hydrogens is 380 g/mol. The Balaban J connectivity index is 1.68. The van der Waals surface area contributed by atoms with Gasteiger partial charge >= 0.3 is 12.0 Å². The van der Waals surface area contributed by atoms with Crippen LogP contribution in [-0.4, -0.2) is 61.4 Å². The van der Waals surface area contributed by atoms with Gasteiger partial charge in [-0.25, -0.2) is 4.79 Å². The molecule has 7 heteroatoms. The first kappa shape index (κ1) is 20.8. The molecule has 1 aromatic carbocycles. The molecule has 1 saturated heterocycles. The summed E-state index contributed by atoms with van der Waals surface area (Å²) in [5, 5.41) is 6.64. The summed E-state index contributed by atoms with van der Waals surface area (Å²) in [4.78, 5) is 31.6. The molecule has 3 atom stereocenters. The van der Waals surface area contributed by atoms with Gasteiger partial charge in [0.1, 0.15) is 6.54 Å². The lowest BCUT2D eigenvalue weighted by molar-refractivity contribution is -0.143. The van der Waals surface area contributed by atoms with Gasteiger partial charge in [-0.15, -0.1) is 0 Å². The molecule has 0 radical (unpaired) electrons. The largest absolute Gasteiger partial charge is 0.465 e. The fourth-order valence-corrected chi connectivity index (χ4v) is 5.29. The number of aliphatic imine (C=N–C) groups is 1. The van der Waals surface area contributed by atoms with Gasteiger partial charge in [-0.3, -0.25) is 9.79 Å². The van der Waals surface area contributed by atoms with E-state index in [1.807, 2.05) is 20.1 Å². The van der Waals surface area contributed by atoms with Crippen molar-refractivity contribution in [3.05, 3.63) is 29.3 Å². The van der Waals surface area contributed by atoms with Gasteiger partial charge in [-0.05, 0) is 69.7 Å². The number of hydrogen-bond acceptors (Lipinski definition) is 5. The number of urea groups is 1. The Morgan fingerprint density at radius 3 is 3.00 bits per heavy atom. The van der Waals surface area contributed by atoms with Crippen molar-refractivity contribution in [3.63, 3.8) is 0 Å². The first-order valence-corrected chi connectivity index (χ1v) is 11.1. The third-order valence-electron chi connectivity index (χ3n) is 6.39. The average Bonchev–Trinajstić information content (AvgIpc) is 3.07. The molecule has 2 amide bonds. The summed E-state index contributed by atoms with van der Waals surface area (Å²) in [5.41, 5.74) is 3.19. The smallest absolute Gasteiger partial charge is 0.325 e. The van der Waals surface area contributed by atoms with Crippen LogP contribution in [-0.2, 0) is 14.9 Å². The second-order valence-corrected chi connectivity index (χ2v) is 8.93. The van der Waals surface area contributed by atoms with Crippen molar-refractivity contribution in [3.8, 4) is 0 Å². The number of amides is 2. The third kappa shape index (κ3) is 3.83. The molecule has 162 valence electrons. The minimum atomic E-state index is -0.391. The number of benzene rings is 1. The van der Waals surface area contributed by atoms with Crippen LogP contribution >= 0.6 is 0 Å². The molecule has 0 saturated carbocycles. The van der Waals surface area contributed by atoms with Gasteiger partial charge in [0.2, 0.25) is 0 Å². The number of piperidine rings is 1. The van der Waals surface area contributed by atoms with Gasteiger partial charge in [0, 0.05) is 24.8 Å². The van der Waals surface area contributed by atoms with Crippen LogP contribution in [0.25, 0.3) is 0 Å². The lowest BCUT2D eigenvalue weighted by atomic mass is 9.63. The summed E-state index contributed by atoms with van der Waals surface area (Å²) in [7, 11) is 0. The van der Waals surface area contributed by atoms with E-state index in [-0.39, 0.29) is 24.6 Å². The van der Waals surface area contributed by atoms with Crippen molar-refractivity contribution in [1.29, 1.82) is 0 Å². The maximum absolute atomic E-state index is 13.0. The van der Waals surface area contributed by atoms with E-state index in [4.69, 9.17) is 9.73 Å². The summed E-state index contributed by atoms with van der Waals surface area (Å²) in [6.45, 7) is 7.26. The average molecular weight is 413 g/mol. The second-order valence-electron chi connectivity index (χ2n) is 8.93. The zero-order chi connectivity index (χ0) is 21.3. The lowest BCUT2D eigenvalue weighted by Crippen LogP contribution is -2.56. The van der Waals surface area contributed by atoms with Crippen LogP contribution in [0.5, 0.6) is 0 Å². The van der Waals surface area contributed by atoms with Crippen molar-refractivity contribution in [2.45, 2.75) is 63.5 Å². The molecule has 2 aliphatic heterocycles. The molecule has 0 aromatic heterocycles. The summed E-state index contributed by atoms with van der Waals surface area (Å²) in [6.07, 6.45) is 5.23. The Morgan fingerprint density at radius 1 is 1.40 bits per heavy atom. The molecule has 4 rings (SSSR count). The molecule has 2 N–H and O–H groups in total. The Kier molecular flexibility index (Phi) is 5.82. The van der Waals surface area contributed by atoms with Gasteiger partial charge in [-0.1, -0.05) is 12.1 Å². The van der Waals surface area contributed by atoms with E-state index in [9.17, 15) is 9.59 Å². The maximum Gasteiger partial charge on any atom is 0.325 e. The Bertz CT molecular complexity index is 853. The quantitative estimate of drug-likeness (QED) is 0.704. The number of nitrogens with zero attached hydrogens (tertiary/aromatic N) is 2. The SMILES string of the molecule is CCOC(=O)CN(CC12C=Nc3cccc(c31)[C@H]1CCCN[C@@H]1C2)C(=O)NC(C)C. The van der Waals surface area contributed by atoms with E-state index in [1.54, 1.807) is 11.8 Å². The van der Waals surface area contributed by atoms with Crippen molar-refractivity contribution >= 4 is 23.9 Å². The first-order valence-electron chi connectivity index (χ1n) is 11.1. The molecule has 0 bridgehead atoms. The maximum atomic E-state index is 13.0. The molecule has 1 aliphatic carbocycles. The highest BCUT2D eigenvalue weighted by Crippen LogP contribution is 2.51. The molecule has 0 spiro atoms. The fourth-order valence-electron chi connectivity index (χ4n) is 5.29. The fraction of sp³-hybridized carbons (Fsp3) is 0.609. The number of esters is 1. The summed E-state index contributed by atoms with van der Waals surface area (Å²) < 4.78 is 5.15. The summed E-state index contributed by atoms with van der Waals surface area (Å²) in [5.74, 6) is 0.0900. The van der Waals surface area contributed by atoms with Crippen molar-refractivity contribution in [2.75, 3.05) is 26.2 Å². The minimum Gasteiger partial charge on any atom is -0.465 e. The molecule has 2 heterocycles. The predicted octanol–water partition coefficient (Wildman–Crippen LogP) is 2.86. The second kappa shape index (κ2) is 8.38. The van der Waals surface area contributed by atoms with E-state index < -0.39 is 5.41 Å². The zero-order valence-electron chi connectivity index (χ0n) is 18.1. The van der Waals surface area contributed by atoms with Crippen LogP contribution in [0, 0.1) is 0 Å². The number of fused-ring (bicyclic) bond motifs is 2. The van der Waals surface area contributed by atoms with Crippen LogP contribution in [0.1, 0.15) is 57.1 Å². The van der Waals surface area contributed by atoms with Gasteiger partial charge < -0.3 is 20.3 Å². The number of hydrogen-bond donors (Lipinski definition) is 2. The summed E-state index contributed by atoms with van der Waals surface area (Å²) >= 11 is 0. The summed E-state index contributed by atoms with van der Waals surface area (Å²) in [6, 6.07) is 6.44. The van der Waals surface area contributed by atoms with E-state index in [2.05, 4.69) is 28.8 Å². The highest BCUT2D eigenvalue weighted by atomic mass is 16.5. The van der Waals surface area contributed by atoms with Crippen molar-refractivity contribution < 1.29 is 14.3 Å². The molecule has 1 aromatic rings. The molecule has 30 heavy (non-hydrogen) atoms. The minimum absolute atomic E-state index is 0.0180. The van der Waals surface area contributed by atoms with E-state index in [0.29, 0.717) is 25.1 Å². The van der Waals surface area contributed by atoms with Crippen LogP contribution in [0.2, 0.25) is 0 Å². The van der Waals surface area contributed by atoms with Crippen LogP contribution in [0.15, 0.2) is 23.2 Å². The molecule has 3 aliphatic rings. The molecule has 1 unspecified atom stereocenters. The van der Waals surface area contributed by atoms with Gasteiger partial charge in [0.15, 0.2) is 0 Å². The standard InChI is InChI=1S/C23H32N4O3/c1-4-30-20(28)12-27(22(29)26-15(2)3)14-23-11-19-16(8-6-10-24-19)17-7-5-9-18(21(17)23)25-13-23/h5,7,9,13,15-16,19,24H,4,6,8,10-12,14H2,1-3H3,(H,26,29)/t16-,19-,23?/m1/s1. The van der Waals surface area contributed by atoms with Gasteiger partial charge in [0.05, 0.1) is 17.7 Å².